The van der Waals surface area contributed by atoms with Gasteiger partial charge in [-0.3, -0.25) is 0 Å². The molecule has 22 heavy (non-hydrogen) atoms. The summed E-state index contributed by atoms with van der Waals surface area (Å²) in [7, 11) is 0. The fourth-order valence-corrected chi connectivity index (χ4v) is 2.78. The standard InChI is InChI=1S/C20H14N2/c1-13-4-6-15-8-9-16-7-5-14(2)11-18(16)20(17(15)10-13)19(12-21)22-3/h4-11H,1-2H3. The smallest absolute Gasteiger partial charge is 0.226 e. The van der Waals surface area contributed by atoms with Gasteiger partial charge in [-0.2, -0.15) is 0 Å². The fraction of sp³-hybridized carbons (Fsp3) is 0.100. The summed E-state index contributed by atoms with van der Waals surface area (Å²) in [5, 5.41) is 9.42. The number of allylic oxidation sites excluding steroid dienone is 1. The van der Waals surface area contributed by atoms with E-state index in [0.29, 0.717) is 0 Å². The second-order valence-corrected chi connectivity index (χ2v) is 5.46. The van der Waals surface area contributed by atoms with Gasteiger partial charge in [0.05, 0.1) is 12.6 Å². The molecular weight excluding hydrogens is 268 g/mol. The van der Waals surface area contributed by atoms with E-state index in [-0.39, 0.29) is 5.70 Å². The molecular formula is C20H14N2. The zero-order valence-electron chi connectivity index (χ0n) is 12.5. The molecule has 0 aromatic heterocycles. The van der Waals surface area contributed by atoms with Crippen molar-refractivity contribution in [2.24, 2.45) is 0 Å². The van der Waals surface area contributed by atoms with Crippen LogP contribution in [0.1, 0.15) is 33.4 Å². The summed E-state index contributed by atoms with van der Waals surface area (Å²) in [5.74, 6) is 0. The first-order valence-electron chi connectivity index (χ1n) is 7.06. The maximum absolute atomic E-state index is 9.42. The Hall–Kier alpha value is -3.10. The van der Waals surface area contributed by atoms with E-state index in [4.69, 9.17) is 6.57 Å². The van der Waals surface area contributed by atoms with Crippen molar-refractivity contribution in [3.63, 3.8) is 0 Å². The summed E-state index contributed by atoms with van der Waals surface area (Å²) in [6.45, 7) is 11.4. The SMILES string of the molecule is [C-]#[N+]C(C#N)=C1c2cc(C)ccc2C=Cc2ccc(C)cc21. The van der Waals surface area contributed by atoms with E-state index in [1.807, 2.05) is 38.1 Å². The van der Waals surface area contributed by atoms with Crippen LogP contribution in [-0.4, -0.2) is 0 Å². The molecule has 0 heterocycles. The van der Waals surface area contributed by atoms with Crippen molar-refractivity contribution in [3.05, 3.63) is 86.9 Å². The molecule has 2 aromatic carbocycles. The van der Waals surface area contributed by atoms with E-state index < -0.39 is 0 Å². The molecule has 0 bridgehead atoms. The molecule has 0 saturated carbocycles. The second-order valence-electron chi connectivity index (χ2n) is 5.46. The Morgan fingerprint density at radius 2 is 1.45 bits per heavy atom. The van der Waals surface area contributed by atoms with Crippen molar-refractivity contribution in [2.75, 3.05) is 0 Å². The minimum Gasteiger partial charge on any atom is -0.226 e. The Bertz CT molecular complexity index is 842. The van der Waals surface area contributed by atoms with Crippen LogP contribution in [-0.2, 0) is 0 Å². The first kappa shape index (κ1) is 13.9. The van der Waals surface area contributed by atoms with Gasteiger partial charge in [0, 0.05) is 5.57 Å². The monoisotopic (exact) mass is 282 g/mol. The molecule has 0 amide bonds. The largest absolute Gasteiger partial charge is 0.270 e. The first-order chi connectivity index (χ1) is 10.6. The number of nitrogens with zero attached hydrogens (tertiary/aromatic N) is 2. The van der Waals surface area contributed by atoms with Gasteiger partial charge in [0.25, 0.3) is 5.70 Å². The molecule has 0 saturated heterocycles. The molecule has 0 fully saturated rings. The highest BCUT2D eigenvalue weighted by atomic mass is 14.7. The number of fused-ring (bicyclic) bond motifs is 2. The second kappa shape index (κ2) is 5.35. The van der Waals surface area contributed by atoms with Gasteiger partial charge in [0.2, 0.25) is 0 Å². The first-order valence-corrected chi connectivity index (χ1v) is 7.06. The van der Waals surface area contributed by atoms with Crippen molar-refractivity contribution < 1.29 is 0 Å². The fourth-order valence-electron chi connectivity index (χ4n) is 2.78. The van der Waals surface area contributed by atoms with Gasteiger partial charge < -0.3 is 0 Å². The number of hydrogen-bond donors (Lipinski definition) is 0. The van der Waals surface area contributed by atoms with Crippen LogP contribution in [0.3, 0.4) is 0 Å². The highest BCUT2D eigenvalue weighted by molar-refractivity contribution is 5.96. The van der Waals surface area contributed by atoms with Crippen LogP contribution in [0, 0.1) is 31.8 Å². The Kier molecular flexibility index (Phi) is 3.37. The average Bonchev–Trinajstić information content (AvgIpc) is 2.66. The molecule has 1 aliphatic rings. The topological polar surface area (TPSA) is 28.1 Å². The highest BCUT2D eigenvalue weighted by Gasteiger charge is 2.19. The molecule has 0 aliphatic heterocycles. The molecule has 0 radical (unpaired) electrons. The summed E-state index contributed by atoms with van der Waals surface area (Å²) >= 11 is 0. The number of aryl methyl sites for hydroxylation is 2. The Morgan fingerprint density at radius 1 is 0.955 bits per heavy atom. The van der Waals surface area contributed by atoms with Gasteiger partial charge in [-0.25, -0.2) is 10.1 Å². The maximum Gasteiger partial charge on any atom is 0.270 e. The Morgan fingerprint density at radius 3 is 1.86 bits per heavy atom. The van der Waals surface area contributed by atoms with E-state index in [9.17, 15) is 5.26 Å². The number of rotatable bonds is 0. The maximum atomic E-state index is 9.42. The van der Waals surface area contributed by atoms with Crippen molar-refractivity contribution in [1.82, 2.24) is 0 Å². The van der Waals surface area contributed by atoms with E-state index >= 15 is 0 Å². The number of hydrogen-bond acceptors (Lipinski definition) is 1. The minimum absolute atomic E-state index is 0.141. The van der Waals surface area contributed by atoms with Gasteiger partial charge in [-0.05, 0) is 36.1 Å². The van der Waals surface area contributed by atoms with Crippen molar-refractivity contribution >= 4 is 17.7 Å². The van der Waals surface area contributed by atoms with Crippen LogP contribution in [0.15, 0.2) is 42.1 Å². The van der Waals surface area contributed by atoms with Gasteiger partial charge in [-0.1, -0.05) is 59.7 Å². The summed E-state index contributed by atoms with van der Waals surface area (Å²) < 4.78 is 0. The molecule has 0 N–H and O–H groups in total. The molecule has 2 nitrogen and oxygen atoms in total. The summed E-state index contributed by atoms with van der Waals surface area (Å²) in [6.07, 6.45) is 4.10. The zero-order chi connectivity index (χ0) is 15.7. The lowest BCUT2D eigenvalue weighted by molar-refractivity contribution is 1.39. The molecule has 1 aliphatic carbocycles. The van der Waals surface area contributed by atoms with Crippen molar-refractivity contribution in [3.8, 4) is 6.07 Å². The molecule has 2 aromatic rings. The van der Waals surface area contributed by atoms with Crippen LogP contribution in [0.4, 0.5) is 0 Å². The average molecular weight is 282 g/mol. The van der Waals surface area contributed by atoms with Crippen LogP contribution in [0.2, 0.25) is 0 Å². The normalized spacial score (nSPS) is 11.7. The zero-order valence-corrected chi connectivity index (χ0v) is 12.5. The summed E-state index contributed by atoms with van der Waals surface area (Å²) in [5.41, 5.74) is 7.08. The lowest BCUT2D eigenvalue weighted by Gasteiger charge is -2.14. The van der Waals surface area contributed by atoms with E-state index in [0.717, 1.165) is 39.0 Å². The van der Waals surface area contributed by atoms with Crippen LogP contribution >= 0.6 is 0 Å². The van der Waals surface area contributed by atoms with Gasteiger partial charge in [0.1, 0.15) is 0 Å². The Labute approximate surface area is 130 Å². The predicted molar refractivity (Wildman–Crippen MR) is 89.5 cm³/mol. The van der Waals surface area contributed by atoms with Crippen LogP contribution < -0.4 is 0 Å². The lowest BCUT2D eigenvalue weighted by atomic mass is 9.90. The summed E-state index contributed by atoms with van der Waals surface area (Å²) in [4.78, 5) is 3.47. The number of benzene rings is 2. The quantitative estimate of drug-likeness (QED) is 0.421. The van der Waals surface area contributed by atoms with E-state index in [1.54, 1.807) is 0 Å². The summed E-state index contributed by atoms with van der Waals surface area (Å²) in [6, 6.07) is 14.3. The minimum atomic E-state index is 0.141. The van der Waals surface area contributed by atoms with Gasteiger partial charge >= 0.3 is 0 Å². The molecule has 0 spiro atoms. The predicted octanol–water partition coefficient (Wildman–Crippen LogP) is 4.99. The van der Waals surface area contributed by atoms with Crippen molar-refractivity contribution in [2.45, 2.75) is 13.8 Å². The number of nitriles is 1. The molecule has 0 unspecified atom stereocenters. The van der Waals surface area contributed by atoms with Gasteiger partial charge in [0.15, 0.2) is 0 Å². The third-order valence-electron chi connectivity index (χ3n) is 3.85. The lowest BCUT2D eigenvalue weighted by Crippen LogP contribution is -1.96. The van der Waals surface area contributed by atoms with Crippen LogP contribution in [0.25, 0.3) is 22.6 Å². The van der Waals surface area contributed by atoms with Crippen molar-refractivity contribution in [1.29, 1.82) is 5.26 Å². The highest BCUT2D eigenvalue weighted by Crippen LogP contribution is 2.37. The molecule has 2 heteroatoms. The molecule has 104 valence electrons. The van der Waals surface area contributed by atoms with E-state index in [2.05, 4.69) is 35.2 Å². The molecule has 0 atom stereocenters. The third-order valence-corrected chi connectivity index (χ3v) is 3.85. The molecule has 3 rings (SSSR count). The Balaban J connectivity index is 2.47. The van der Waals surface area contributed by atoms with E-state index in [1.165, 1.54) is 0 Å². The van der Waals surface area contributed by atoms with Gasteiger partial charge in [-0.15, -0.1) is 0 Å². The third kappa shape index (κ3) is 2.22. The van der Waals surface area contributed by atoms with Crippen LogP contribution in [0.5, 0.6) is 0 Å².